The van der Waals surface area contributed by atoms with Crippen molar-refractivity contribution in [2.45, 2.75) is 0 Å². The lowest BCUT2D eigenvalue weighted by molar-refractivity contribution is 0.108. The van der Waals surface area contributed by atoms with Crippen LogP contribution in [0.25, 0.3) is 0 Å². The van der Waals surface area contributed by atoms with E-state index < -0.39 is 11.1 Å². The molecule has 0 radical (unpaired) electrons. The third-order valence-corrected chi connectivity index (χ3v) is 3.64. The summed E-state index contributed by atoms with van der Waals surface area (Å²) in [5, 5.41) is -0.425. The number of hydrogen-bond acceptors (Lipinski definition) is 2. The van der Waals surface area contributed by atoms with Gasteiger partial charge in [0.15, 0.2) is 0 Å². The Morgan fingerprint density at radius 2 is 1.92 bits per heavy atom. The second kappa shape index (κ2) is 4.02. The van der Waals surface area contributed by atoms with Crippen LogP contribution in [0.3, 0.4) is 0 Å². The van der Waals surface area contributed by atoms with E-state index in [4.69, 9.17) is 34.1 Å². The molecule has 0 aliphatic heterocycles. The molecule has 0 spiro atoms. The molecule has 0 amide bonds. The zero-order valence-corrected chi connectivity index (χ0v) is 9.37. The van der Waals surface area contributed by atoms with Gasteiger partial charge in [0.05, 0.1) is 0 Å². The molecule has 0 saturated carbocycles. The van der Waals surface area contributed by atoms with Crippen molar-refractivity contribution < 1.29 is 9.36 Å². The van der Waals surface area contributed by atoms with Gasteiger partial charge in [-0.25, -0.2) is 0 Å². The van der Waals surface area contributed by atoms with Crippen molar-refractivity contribution in [3.05, 3.63) is 29.8 Å². The maximum atomic E-state index is 11.2. The highest BCUT2D eigenvalue weighted by Crippen LogP contribution is 2.55. The Morgan fingerprint density at radius 3 is 2.38 bits per heavy atom. The predicted octanol–water partition coefficient (Wildman–Crippen LogP) is 3.36. The van der Waals surface area contributed by atoms with Crippen LogP contribution in [0.1, 0.15) is 10.4 Å². The number of benzene rings is 1. The minimum atomic E-state index is -3.35. The topological polar surface area (TPSA) is 34.1 Å². The molecular formula is C7H4Cl3O2P. The summed E-state index contributed by atoms with van der Waals surface area (Å²) in [7, 11) is 0. The molecule has 1 aromatic rings. The van der Waals surface area contributed by atoms with Gasteiger partial charge in [0.2, 0.25) is 0 Å². The lowest BCUT2D eigenvalue weighted by Gasteiger charge is -2.02. The summed E-state index contributed by atoms with van der Waals surface area (Å²) in [5.41, 5.74) is 0.223. The molecule has 0 aliphatic carbocycles. The van der Waals surface area contributed by atoms with Crippen LogP contribution in [0.5, 0.6) is 0 Å². The first kappa shape index (κ1) is 11.1. The summed E-state index contributed by atoms with van der Waals surface area (Å²) in [4.78, 5) is 10.7. The van der Waals surface area contributed by atoms with Crippen LogP contribution in [0, 0.1) is 0 Å². The molecule has 0 saturated heterocycles. The fraction of sp³-hybridized carbons (Fsp3) is 0. The van der Waals surface area contributed by atoms with Crippen LogP contribution in [0.15, 0.2) is 24.3 Å². The van der Waals surface area contributed by atoms with Crippen molar-refractivity contribution in [1.82, 2.24) is 0 Å². The van der Waals surface area contributed by atoms with Crippen LogP contribution in [0.2, 0.25) is 0 Å². The Hall–Kier alpha value is -0.0100. The third-order valence-electron chi connectivity index (χ3n) is 1.37. The summed E-state index contributed by atoms with van der Waals surface area (Å²) in [6.07, 6.45) is 0. The maximum absolute atomic E-state index is 11.2. The number of halogens is 3. The summed E-state index contributed by atoms with van der Waals surface area (Å²) < 4.78 is 11.2. The number of carbonyl (C=O) groups is 1. The van der Waals surface area contributed by atoms with Gasteiger partial charge in [0.25, 0.3) is 11.1 Å². The zero-order valence-electron chi connectivity index (χ0n) is 6.21. The Labute approximate surface area is 89.7 Å². The van der Waals surface area contributed by atoms with Crippen LogP contribution in [-0.4, -0.2) is 5.24 Å². The monoisotopic (exact) mass is 256 g/mol. The molecule has 0 aromatic heterocycles. The molecule has 70 valence electrons. The van der Waals surface area contributed by atoms with Crippen molar-refractivity contribution in [3.63, 3.8) is 0 Å². The Balaban J connectivity index is 3.21. The first-order valence-electron chi connectivity index (χ1n) is 3.21. The van der Waals surface area contributed by atoms with Gasteiger partial charge < -0.3 is 0 Å². The Morgan fingerprint density at radius 1 is 1.31 bits per heavy atom. The second-order valence-electron chi connectivity index (χ2n) is 2.29. The normalized spacial score (nSPS) is 11.3. The van der Waals surface area contributed by atoms with Gasteiger partial charge in [-0.1, -0.05) is 12.1 Å². The summed E-state index contributed by atoms with van der Waals surface area (Å²) in [6.45, 7) is 0. The second-order valence-corrected chi connectivity index (χ2v) is 7.45. The molecule has 0 aliphatic rings. The maximum Gasteiger partial charge on any atom is 0.281 e. The van der Waals surface area contributed by atoms with E-state index in [0.29, 0.717) is 0 Å². The van der Waals surface area contributed by atoms with Gasteiger partial charge in [-0.2, -0.15) is 0 Å². The fourth-order valence-electron chi connectivity index (χ4n) is 0.790. The molecule has 0 fully saturated rings. The van der Waals surface area contributed by atoms with Crippen LogP contribution < -0.4 is 5.30 Å². The van der Waals surface area contributed by atoms with E-state index in [1.165, 1.54) is 24.3 Å². The van der Waals surface area contributed by atoms with E-state index in [1.807, 2.05) is 0 Å². The third kappa shape index (κ3) is 2.99. The number of rotatable bonds is 2. The van der Waals surface area contributed by atoms with Gasteiger partial charge in [0.1, 0.15) is 0 Å². The smallest absolute Gasteiger partial charge is 0.281 e. The molecule has 0 N–H and O–H groups in total. The van der Waals surface area contributed by atoms with Crippen LogP contribution in [-0.2, 0) is 4.57 Å². The summed E-state index contributed by atoms with van der Waals surface area (Å²) in [6, 6.07) is 5.80. The lowest BCUT2D eigenvalue weighted by atomic mass is 10.2. The number of hydrogen-bond donors (Lipinski definition) is 0. The van der Waals surface area contributed by atoms with Gasteiger partial charge >= 0.3 is 0 Å². The highest BCUT2D eigenvalue weighted by atomic mass is 35.9. The summed E-state index contributed by atoms with van der Waals surface area (Å²) >= 11 is 16.0. The van der Waals surface area contributed by atoms with Gasteiger partial charge in [-0.3, -0.25) is 9.36 Å². The highest BCUT2D eigenvalue weighted by molar-refractivity contribution is 8.13. The predicted molar refractivity (Wildman–Crippen MR) is 55.6 cm³/mol. The van der Waals surface area contributed by atoms with E-state index in [9.17, 15) is 9.36 Å². The van der Waals surface area contributed by atoms with Crippen molar-refractivity contribution in [3.8, 4) is 0 Å². The largest absolute Gasteiger partial charge is 0.284 e. The fourth-order valence-corrected chi connectivity index (χ4v) is 2.09. The van der Waals surface area contributed by atoms with Crippen molar-refractivity contribution in [2.24, 2.45) is 0 Å². The average molecular weight is 257 g/mol. The van der Waals surface area contributed by atoms with Gasteiger partial charge in [-0.05, 0) is 46.2 Å². The first-order chi connectivity index (χ1) is 5.91. The molecular weight excluding hydrogens is 253 g/mol. The number of carbonyl (C=O) groups excluding carboxylic acids is 1. The standard InChI is InChI=1S/C7H4Cl3O2P/c8-7(11)5-2-1-3-6(4-5)13(9,10)12/h1-4H. The minimum Gasteiger partial charge on any atom is -0.284 e. The molecule has 6 heteroatoms. The molecule has 0 atom stereocenters. The minimum absolute atomic E-state index is 0.210. The lowest BCUT2D eigenvalue weighted by Crippen LogP contribution is -2.00. The van der Waals surface area contributed by atoms with E-state index in [2.05, 4.69) is 0 Å². The molecule has 13 heavy (non-hydrogen) atoms. The molecule has 0 bridgehead atoms. The molecule has 0 unspecified atom stereocenters. The van der Waals surface area contributed by atoms with E-state index in [1.54, 1.807) is 0 Å². The molecule has 1 rings (SSSR count). The van der Waals surface area contributed by atoms with E-state index in [0.717, 1.165) is 0 Å². The molecule has 0 heterocycles. The van der Waals surface area contributed by atoms with Crippen LogP contribution >= 0.6 is 39.9 Å². The molecule has 2 nitrogen and oxygen atoms in total. The zero-order chi connectivity index (χ0) is 10.1. The van der Waals surface area contributed by atoms with Gasteiger partial charge in [-0.15, -0.1) is 0 Å². The van der Waals surface area contributed by atoms with E-state index >= 15 is 0 Å². The summed E-state index contributed by atoms with van der Waals surface area (Å²) in [5.74, 6) is -3.35. The van der Waals surface area contributed by atoms with E-state index in [-0.39, 0.29) is 10.9 Å². The Bertz CT molecular complexity index is 385. The van der Waals surface area contributed by atoms with Crippen molar-refractivity contribution in [1.29, 1.82) is 0 Å². The Kier molecular flexibility index (Phi) is 3.42. The molecule has 1 aromatic carbocycles. The van der Waals surface area contributed by atoms with Gasteiger partial charge in [0, 0.05) is 10.9 Å². The SMILES string of the molecule is O=C(Cl)c1cccc(P(=O)(Cl)Cl)c1. The van der Waals surface area contributed by atoms with Crippen molar-refractivity contribution >= 4 is 50.5 Å². The quantitative estimate of drug-likeness (QED) is 0.601. The average Bonchev–Trinajstić information content (AvgIpc) is 2.03. The van der Waals surface area contributed by atoms with Crippen LogP contribution in [0.4, 0.5) is 0 Å². The first-order valence-corrected chi connectivity index (χ1v) is 7.10. The van der Waals surface area contributed by atoms with Crippen molar-refractivity contribution in [2.75, 3.05) is 0 Å². The highest BCUT2D eigenvalue weighted by Gasteiger charge is 2.18.